The van der Waals surface area contributed by atoms with E-state index in [2.05, 4.69) is 40.0 Å². The molecule has 5 nitrogen and oxygen atoms in total. The molecule has 1 rings (SSSR count). The summed E-state index contributed by atoms with van der Waals surface area (Å²) in [5, 5.41) is 9.94. The lowest BCUT2D eigenvalue weighted by atomic mass is 10.3. The fraction of sp³-hybridized carbons (Fsp3) is 0.533. The van der Waals surface area contributed by atoms with Gasteiger partial charge in [0.15, 0.2) is 5.96 Å². The first kappa shape index (κ1) is 16.3. The second kappa shape index (κ2) is 10.1. The summed E-state index contributed by atoms with van der Waals surface area (Å²) in [6.07, 6.45) is 1.02. The highest BCUT2D eigenvalue weighted by molar-refractivity contribution is 5.79. The van der Waals surface area contributed by atoms with Gasteiger partial charge in [-0.15, -0.1) is 0 Å². The van der Waals surface area contributed by atoms with E-state index in [0.29, 0.717) is 6.61 Å². The zero-order valence-electron chi connectivity index (χ0n) is 12.6. The first-order valence-electron chi connectivity index (χ1n) is 7.01. The van der Waals surface area contributed by atoms with E-state index in [-0.39, 0.29) is 6.04 Å². The standard InChI is InChI=1S/C15H26N4O/c1-13(12-20-3)19-15(16-2)18-11-7-10-17-14-8-5-4-6-9-14/h4-6,8-9,13,17H,7,10-12H2,1-3H3,(H2,16,18,19). The van der Waals surface area contributed by atoms with Crippen molar-refractivity contribution in [1.82, 2.24) is 10.6 Å². The summed E-state index contributed by atoms with van der Waals surface area (Å²) in [5.41, 5.74) is 1.16. The molecule has 112 valence electrons. The summed E-state index contributed by atoms with van der Waals surface area (Å²) in [7, 11) is 3.47. The van der Waals surface area contributed by atoms with Gasteiger partial charge in [0.1, 0.15) is 0 Å². The van der Waals surface area contributed by atoms with Crippen LogP contribution in [0.25, 0.3) is 0 Å². The number of guanidine groups is 1. The molecule has 0 spiro atoms. The molecule has 0 heterocycles. The highest BCUT2D eigenvalue weighted by Crippen LogP contribution is 2.03. The summed E-state index contributed by atoms with van der Waals surface area (Å²) in [5.74, 6) is 0.814. The van der Waals surface area contributed by atoms with Crippen LogP contribution in [-0.4, -0.2) is 45.9 Å². The molecule has 0 saturated carbocycles. The first-order valence-corrected chi connectivity index (χ1v) is 7.01. The van der Waals surface area contributed by atoms with Crippen LogP contribution in [0.15, 0.2) is 35.3 Å². The number of rotatable bonds is 8. The van der Waals surface area contributed by atoms with Crippen molar-refractivity contribution in [3.63, 3.8) is 0 Å². The molecule has 1 aromatic carbocycles. The highest BCUT2D eigenvalue weighted by atomic mass is 16.5. The number of benzene rings is 1. The van der Waals surface area contributed by atoms with Crippen molar-refractivity contribution >= 4 is 11.6 Å². The maximum atomic E-state index is 5.09. The van der Waals surface area contributed by atoms with Gasteiger partial charge in [0.05, 0.1) is 6.61 Å². The Balaban J connectivity index is 2.13. The SMILES string of the molecule is CN=C(NCCCNc1ccccc1)NC(C)COC. The van der Waals surface area contributed by atoms with Crippen LogP contribution in [-0.2, 0) is 4.74 Å². The molecule has 0 aliphatic rings. The number of hydrogen-bond acceptors (Lipinski definition) is 3. The number of nitrogens with zero attached hydrogens (tertiary/aromatic N) is 1. The number of methoxy groups -OCH3 is 1. The highest BCUT2D eigenvalue weighted by Gasteiger charge is 2.03. The predicted octanol–water partition coefficient (Wildman–Crippen LogP) is 1.69. The topological polar surface area (TPSA) is 57.7 Å². The Morgan fingerprint density at radius 1 is 1.25 bits per heavy atom. The van der Waals surface area contributed by atoms with Gasteiger partial charge < -0.3 is 20.7 Å². The minimum atomic E-state index is 0.244. The summed E-state index contributed by atoms with van der Waals surface area (Å²) in [6.45, 7) is 4.53. The van der Waals surface area contributed by atoms with E-state index in [0.717, 1.165) is 31.2 Å². The van der Waals surface area contributed by atoms with Gasteiger partial charge in [-0.1, -0.05) is 18.2 Å². The Hall–Kier alpha value is -1.75. The van der Waals surface area contributed by atoms with Crippen LogP contribution >= 0.6 is 0 Å². The van der Waals surface area contributed by atoms with Crippen LogP contribution in [0.2, 0.25) is 0 Å². The minimum Gasteiger partial charge on any atom is -0.385 e. The molecule has 5 heteroatoms. The largest absolute Gasteiger partial charge is 0.385 e. The molecule has 3 N–H and O–H groups in total. The number of para-hydroxylation sites is 1. The molecule has 0 radical (unpaired) electrons. The Morgan fingerprint density at radius 3 is 2.65 bits per heavy atom. The van der Waals surface area contributed by atoms with Crippen LogP contribution < -0.4 is 16.0 Å². The van der Waals surface area contributed by atoms with Crippen LogP contribution in [0.5, 0.6) is 0 Å². The Morgan fingerprint density at radius 2 is 2.00 bits per heavy atom. The van der Waals surface area contributed by atoms with Crippen LogP contribution in [0.4, 0.5) is 5.69 Å². The van der Waals surface area contributed by atoms with Gasteiger partial charge in [0.2, 0.25) is 0 Å². The maximum absolute atomic E-state index is 5.09. The van der Waals surface area contributed by atoms with E-state index in [1.165, 1.54) is 0 Å². The molecule has 1 aromatic rings. The zero-order valence-corrected chi connectivity index (χ0v) is 12.6. The van der Waals surface area contributed by atoms with Gasteiger partial charge in [-0.05, 0) is 25.5 Å². The fourth-order valence-electron chi connectivity index (χ4n) is 1.80. The van der Waals surface area contributed by atoms with Crippen LogP contribution in [0, 0.1) is 0 Å². The molecule has 0 aliphatic heterocycles. The van der Waals surface area contributed by atoms with E-state index in [9.17, 15) is 0 Å². The predicted molar refractivity (Wildman–Crippen MR) is 85.4 cm³/mol. The third-order valence-electron chi connectivity index (χ3n) is 2.77. The Bertz CT molecular complexity index is 381. The third-order valence-corrected chi connectivity index (χ3v) is 2.77. The number of hydrogen-bond donors (Lipinski definition) is 3. The normalized spacial score (nSPS) is 12.8. The molecule has 1 atom stereocenters. The van der Waals surface area contributed by atoms with Crippen LogP contribution in [0.3, 0.4) is 0 Å². The van der Waals surface area contributed by atoms with Gasteiger partial charge in [-0.25, -0.2) is 0 Å². The molecule has 0 saturated heterocycles. The lowest BCUT2D eigenvalue weighted by Crippen LogP contribution is -2.44. The third kappa shape index (κ3) is 6.99. The van der Waals surface area contributed by atoms with Crippen molar-refractivity contribution in [3.8, 4) is 0 Å². The Labute approximate surface area is 121 Å². The quantitative estimate of drug-likeness (QED) is 0.385. The van der Waals surface area contributed by atoms with Crippen molar-refractivity contribution in [2.45, 2.75) is 19.4 Å². The minimum absolute atomic E-state index is 0.244. The van der Waals surface area contributed by atoms with Crippen molar-refractivity contribution in [2.24, 2.45) is 4.99 Å². The van der Waals surface area contributed by atoms with Gasteiger partial charge in [0.25, 0.3) is 0 Å². The van der Waals surface area contributed by atoms with E-state index < -0.39 is 0 Å². The molecule has 0 amide bonds. The average molecular weight is 278 g/mol. The molecule has 0 fully saturated rings. The van der Waals surface area contributed by atoms with Crippen molar-refractivity contribution in [2.75, 3.05) is 39.2 Å². The van der Waals surface area contributed by atoms with Crippen molar-refractivity contribution in [1.29, 1.82) is 0 Å². The number of anilines is 1. The smallest absolute Gasteiger partial charge is 0.191 e. The summed E-state index contributed by atoms with van der Waals surface area (Å²) >= 11 is 0. The van der Waals surface area contributed by atoms with E-state index in [1.807, 2.05) is 18.2 Å². The van der Waals surface area contributed by atoms with Gasteiger partial charge in [0, 0.05) is 39.0 Å². The molecule has 0 aliphatic carbocycles. The molecule has 1 unspecified atom stereocenters. The summed E-state index contributed by atoms with van der Waals surface area (Å²) in [4.78, 5) is 4.18. The van der Waals surface area contributed by atoms with Crippen molar-refractivity contribution < 1.29 is 4.74 Å². The molecule has 0 aromatic heterocycles. The second-order valence-electron chi connectivity index (χ2n) is 4.65. The van der Waals surface area contributed by atoms with E-state index in [4.69, 9.17) is 4.74 Å². The Kier molecular flexibility index (Phi) is 8.22. The molecular formula is C15H26N4O. The summed E-state index contributed by atoms with van der Waals surface area (Å²) in [6, 6.07) is 10.5. The first-order chi connectivity index (χ1) is 9.76. The molecule has 20 heavy (non-hydrogen) atoms. The van der Waals surface area contributed by atoms with Gasteiger partial charge >= 0.3 is 0 Å². The monoisotopic (exact) mass is 278 g/mol. The van der Waals surface area contributed by atoms with E-state index >= 15 is 0 Å². The van der Waals surface area contributed by atoms with E-state index in [1.54, 1.807) is 14.2 Å². The summed E-state index contributed by atoms with van der Waals surface area (Å²) < 4.78 is 5.09. The molecular weight excluding hydrogens is 252 g/mol. The van der Waals surface area contributed by atoms with Gasteiger partial charge in [-0.2, -0.15) is 0 Å². The van der Waals surface area contributed by atoms with Crippen LogP contribution in [0.1, 0.15) is 13.3 Å². The second-order valence-corrected chi connectivity index (χ2v) is 4.65. The lowest BCUT2D eigenvalue weighted by Gasteiger charge is -2.17. The zero-order chi connectivity index (χ0) is 14.6. The van der Waals surface area contributed by atoms with Gasteiger partial charge in [-0.3, -0.25) is 4.99 Å². The number of aliphatic imine (C=N–C) groups is 1. The van der Waals surface area contributed by atoms with Crippen molar-refractivity contribution in [3.05, 3.63) is 30.3 Å². The maximum Gasteiger partial charge on any atom is 0.191 e. The lowest BCUT2D eigenvalue weighted by molar-refractivity contribution is 0.179. The fourth-order valence-corrected chi connectivity index (χ4v) is 1.80. The molecule has 0 bridgehead atoms. The number of ether oxygens (including phenoxy) is 1. The average Bonchev–Trinajstić information content (AvgIpc) is 2.47. The number of nitrogens with one attached hydrogen (secondary N) is 3.